The van der Waals surface area contributed by atoms with E-state index in [4.69, 9.17) is 0 Å². The summed E-state index contributed by atoms with van der Waals surface area (Å²) in [4.78, 5) is 0. The van der Waals surface area contributed by atoms with Crippen molar-refractivity contribution in [2.45, 2.75) is 98.3 Å². The molecule has 28 heavy (non-hydrogen) atoms. The average molecular weight is 383 g/mol. The highest BCUT2D eigenvalue weighted by Gasteiger charge is 2.57. The number of rotatable bonds is 4. The Kier molecular flexibility index (Phi) is 11.6. The van der Waals surface area contributed by atoms with Crippen molar-refractivity contribution in [2.75, 3.05) is 0 Å². The second-order valence-electron chi connectivity index (χ2n) is 9.20. The van der Waals surface area contributed by atoms with Crippen LogP contribution in [0.2, 0.25) is 0 Å². The van der Waals surface area contributed by atoms with E-state index in [2.05, 4.69) is 58.8 Å². The standard InChI is InChI=1S/C13H24.C10H14.2C2H2.CH4/c1-3-6-11-8-9-12-7-4-5-10-13(11,12)2;1-3-6-10-7-9(10)5-4-8(10)2;2*1-2;/h11-12H,3-10H2,1-2H3;3,9H,1-2,4-7H2;2*1-2H;1H4. The first-order valence-electron chi connectivity index (χ1n) is 11.0. The lowest BCUT2D eigenvalue weighted by Gasteiger charge is -2.41. The van der Waals surface area contributed by atoms with E-state index in [9.17, 15) is 0 Å². The third kappa shape index (κ3) is 5.35. The van der Waals surface area contributed by atoms with Crippen molar-refractivity contribution in [1.29, 1.82) is 0 Å². The molecule has 0 N–H and O–H groups in total. The largest absolute Gasteiger partial charge is 0.124 e. The summed E-state index contributed by atoms with van der Waals surface area (Å²) < 4.78 is 0. The highest BCUT2D eigenvalue weighted by molar-refractivity contribution is 5.29. The van der Waals surface area contributed by atoms with E-state index in [1.54, 1.807) is 6.42 Å². The molecule has 0 aromatic rings. The number of fused-ring (bicyclic) bond motifs is 2. The van der Waals surface area contributed by atoms with E-state index in [1.807, 2.05) is 0 Å². The summed E-state index contributed by atoms with van der Waals surface area (Å²) >= 11 is 0. The first kappa shape index (κ1) is 26.6. The third-order valence-electron chi connectivity index (χ3n) is 8.12. The summed E-state index contributed by atoms with van der Waals surface area (Å²) in [7, 11) is 0. The molecule has 0 nitrogen and oxygen atoms in total. The average Bonchev–Trinajstić information content (AvgIpc) is 3.20. The minimum absolute atomic E-state index is 0. The summed E-state index contributed by atoms with van der Waals surface area (Å²) in [5, 5.41) is 0. The Morgan fingerprint density at radius 1 is 1.04 bits per heavy atom. The van der Waals surface area contributed by atoms with Crippen molar-refractivity contribution < 1.29 is 0 Å². The van der Waals surface area contributed by atoms with Gasteiger partial charge in [0.15, 0.2) is 0 Å². The molecule has 0 spiro atoms. The zero-order chi connectivity index (χ0) is 20.5. The van der Waals surface area contributed by atoms with Crippen LogP contribution in [0.1, 0.15) is 98.3 Å². The molecule has 4 saturated carbocycles. The highest BCUT2D eigenvalue weighted by Crippen LogP contribution is 2.67. The van der Waals surface area contributed by atoms with Crippen molar-refractivity contribution in [3.05, 3.63) is 24.8 Å². The molecule has 0 saturated heterocycles. The molecular formula is C28H46. The van der Waals surface area contributed by atoms with Crippen molar-refractivity contribution >= 4 is 0 Å². The number of allylic oxidation sites excluding steroid dienone is 2. The van der Waals surface area contributed by atoms with Crippen LogP contribution in [0.5, 0.6) is 0 Å². The first-order valence-corrected chi connectivity index (χ1v) is 11.0. The smallest absolute Gasteiger partial charge is 0.00248 e. The lowest BCUT2D eigenvalue weighted by molar-refractivity contribution is 0.0944. The van der Waals surface area contributed by atoms with Gasteiger partial charge in [-0.15, -0.1) is 32.3 Å². The first-order chi connectivity index (χ1) is 13.1. The fourth-order valence-corrected chi connectivity index (χ4v) is 6.44. The van der Waals surface area contributed by atoms with Crippen LogP contribution in [0.3, 0.4) is 0 Å². The van der Waals surface area contributed by atoms with E-state index in [0.29, 0.717) is 5.41 Å². The van der Waals surface area contributed by atoms with Crippen LogP contribution >= 0.6 is 0 Å². The lowest BCUT2D eigenvalue weighted by Crippen LogP contribution is -2.31. The van der Waals surface area contributed by atoms with Gasteiger partial charge in [0.2, 0.25) is 0 Å². The second-order valence-corrected chi connectivity index (χ2v) is 9.20. The number of hydrogen-bond donors (Lipinski definition) is 0. The molecule has 0 aliphatic heterocycles. The SMILES string of the molecule is C.C#C.C#C.C=CCC12CC1CCC2=C.CCCC1CCC2CCCCC12C. The van der Waals surface area contributed by atoms with Crippen molar-refractivity contribution in [2.24, 2.45) is 28.6 Å². The monoisotopic (exact) mass is 382 g/mol. The van der Waals surface area contributed by atoms with Gasteiger partial charge < -0.3 is 0 Å². The van der Waals surface area contributed by atoms with Gasteiger partial charge in [-0.1, -0.05) is 65.2 Å². The van der Waals surface area contributed by atoms with Gasteiger partial charge in [-0.05, 0) is 80.0 Å². The highest BCUT2D eigenvalue weighted by atomic mass is 14.6. The Labute approximate surface area is 177 Å². The summed E-state index contributed by atoms with van der Waals surface area (Å²) in [5.74, 6) is 3.15. The van der Waals surface area contributed by atoms with Gasteiger partial charge in [0.25, 0.3) is 0 Å². The lowest BCUT2D eigenvalue weighted by atomic mass is 9.65. The predicted octanol–water partition coefficient (Wildman–Crippen LogP) is 8.45. The summed E-state index contributed by atoms with van der Waals surface area (Å²) in [5.41, 5.74) is 2.81. The van der Waals surface area contributed by atoms with Gasteiger partial charge in [-0.2, -0.15) is 0 Å². The molecule has 158 valence electrons. The van der Waals surface area contributed by atoms with Crippen LogP contribution in [0.25, 0.3) is 0 Å². The molecule has 0 heterocycles. The Hall–Kier alpha value is -1.40. The summed E-state index contributed by atoms with van der Waals surface area (Å²) in [6.07, 6.45) is 35.4. The Morgan fingerprint density at radius 2 is 1.71 bits per heavy atom. The molecule has 0 heteroatoms. The van der Waals surface area contributed by atoms with Crippen LogP contribution in [0.4, 0.5) is 0 Å². The van der Waals surface area contributed by atoms with Gasteiger partial charge in [0.05, 0.1) is 0 Å². The quantitative estimate of drug-likeness (QED) is 0.338. The van der Waals surface area contributed by atoms with Gasteiger partial charge in [-0.25, -0.2) is 0 Å². The zero-order valence-electron chi connectivity index (χ0n) is 18.0. The molecular weight excluding hydrogens is 336 g/mol. The zero-order valence-corrected chi connectivity index (χ0v) is 18.0. The predicted molar refractivity (Wildman–Crippen MR) is 128 cm³/mol. The molecule has 5 unspecified atom stereocenters. The van der Waals surface area contributed by atoms with E-state index in [1.165, 1.54) is 76.2 Å². The molecule has 4 aliphatic rings. The molecule has 0 radical (unpaired) electrons. The van der Waals surface area contributed by atoms with E-state index >= 15 is 0 Å². The maximum absolute atomic E-state index is 4.12. The van der Waals surface area contributed by atoms with E-state index in [0.717, 1.165) is 23.2 Å². The Bertz CT molecular complexity index is 515. The number of hydrogen-bond acceptors (Lipinski definition) is 0. The van der Waals surface area contributed by atoms with Crippen molar-refractivity contribution in [1.82, 2.24) is 0 Å². The van der Waals surface area contributed by atoms with E-state index in [-0.39, 0.29) is 7.43 Å². The minimum Gasteiger partial charge on any atom is -0.124 e. The fourth-order valence-electron chi connectivity index (χ4n) is 6.44. The Morgan fingerprint density at radius 3 is 2.21 bits per heavy atom. The van der Waals surface area contributed by atoms with Crippen LogP contribution in [-0.4, -0.2) is 0 Å². The van der Waals surface area contributed by atoms with Gasteiger partial charge in [0.1, 0.15) is 0 Å². The normalized spacial score (nSPS) is 36.4. The topological polar surface area (TPSA) is 0 Å². The molecule has 0 bridgehead atoms. The van der Waals surface area contributed by atoms with Crippen LogP contribution in [0, 0.1) is 54.3 Å². The fraction of sp³-hybridized carbons (Fsp3) is 0.714. The third-order valence-corrected chi connectivity index (χ3v) is 8.12. The van der Waals surface area contributed by atoms with Gasteiger partial charge >= 0.3 is 0 Å². The molecule has 4 aliphatic carbocycles. The molecule has 4 rings (SSSR count). The minimum atomic E-state index is 0. The summed E-state index contributed by atoms with van der Waals surface area (Å²) in [6.45, 7) is 12.8. The van der Waals surface area contributed by atoms with Gasteiger partial charge in [-0.3, -0.25) is 0 Å². The van der Waals surface area contributed by atoms with Crippen LogP contribution in [0.15, 0.2) is 24.8 Å². The Balaban J connectivity index is 0.000000438. The van der Waals surface area contributed by atoms with Crippen LogP contribution < -0.4 is 0 Å². The second kappa shape index (κ2) is 12.2. The maximum atomic E-state index is 4.12. The number of terminal acetylenes is 2. The molecule has 0 aromatic heterocycles. The van der Waals surface area contributed by atoms with Crippen molar-refractivity contribution in [3.63, 3.8) is 0 Å². The van der Waals surface area contributed by atoms with Crippen LogP contribution in [-0.2, 0) is 0 Å². The molecule has 0 amide bonds. The van der Waals surface area contributed by atoms with Gasteiger partial charge in [0, 0.05) is 0 Å². The molecule has 4 fully saturated rings. The molecule has 0 aromatic carbocycles. The maximum Gasteiger partial charge on any atom is -0.00248 e. The van der Waals surface area contributed by atoms with E-state index < -0.39 is 0 Å². The molecule has 5 atom stereocenters. The van der Waals surface area contributed by atoms with Crippen molar-refractivity contribution in [3.8, 4) is 25.7 Å². The summed E-state index contributed by atoms with van der Waals surface area (Å²) in [6, 6.07) is 0.